The molecule has 0 amide bonds. The van der Waals surface area contributed by atoms with E-state index in [0.717, 1.165) is 17.8 Å². The van der Waals surface area contributed by atoms with Crippen molar-refractivity contribution >= 4 is 11.9 Å². The molecular weight excluding hydrogens is 208 g/mol. The van der Waals surface area contributed by atoms with Crippen molar-refractivity contribution in [3.05, 3.63) is 11.3 Å². The highest BCUT2D eigenvalue weighted by Crippen LogP contribution is 2.26. The predicted octanol–water partition coefficient (Wildman–Crippen LogP) is 0.804. The number of ether oxygens (including phenoxy) is 1. The van der Waals surface area contributed by atoms with Crippen LogP contribution in [0.5, 0.6) is 0 Å². The Morgan fingerprint density at radius 2 is 2.19 bits per heavy atom. The molecule has 16 heavy (non-hydrogen) atoms. The number of nitrogen functional groups attached to an aromatic ring is 1. The van der Waals surface area contributed by atoms with Crippen molar-refractivity contribution in [1.82, 2.24) is 14.7 Å². The molecule has 0 aliphatic carbocycles. The van der Waals surface area contributed by atoms with E-state index in [1.807, 2.05) is 7.05 Å². The van der Waals surface area contributed by atoms with Gasteiger partial charge in [0.2, 0.25) is 0 Å². The summed E-state index contributed by atoms with van der Waals surface area (Å²) < 4.78 is 6.37. The lowest BCUT2D eigenvalue weighted by atomic mass is 10.3. The van der Waals surface area contributed by atoms with Gasteiger partial charge in [0.25, 0.3) is 0 Å². The van der Waals surface area contributed by atoms with Crippen LogP contribution in [-0.2, 0) is 17.8 Å². The lowest BCUT2D eigenvalue weighted by Gasteiger charge is -2.10. The van der Waals surface area contributed by atoms with E-state index in [-0.39, 0.29) is 6.10 Å². The van der Waals surface area contributed by atoms with E-state index >= 15 is 0 Å². The standard InChI is InChI=1S/C10H16N4O2/c1-6(2)16-10(15)14-8-5-13(3)4-7(8)9(11)12-14/h6H,4-5H2,1-3H3,(H2,11,12). The molecule has 0 aromatic carbocycles. The number of hydrogen-bond donors (Lipinski definition) is 1. The van der Waals surface area contributed by atoms with E-state index in [0.29, 0.717) is 12.4 Å². The van der Waals surface area contributed by atoms with Crippen LogP contribution in [0.2, 0.25) is 0 Å². The van der Waals surface area contributed by atoms with Crippen LogP contribution in [0.1, 0.15) is 25.1 Å². The van der Waals surface area contributed by atoms with Gasteiger partial charge in [0.05, 0.1) is 11.8 Å². The largest absolute Gasteiger partial charge is 0.445 e. The Morgan fingerprint density at radius 1 is 1.50 bits per heavy atom. The van der Waals surface area contributed by atoms with Gasteiger partial charge in [-0.25, -0.2) is 4.79 Å². The summed E-state index contributed by atoms with van der Waals surface area (Å²) in [6.07, 6.45) is -0.619. The molecule has 0 saturated heterocycles. The Balaban J connectivity index is 2.30. The monoisotopic (exact) mass is 224 g/mol. The zero-order valence-corrected chi connectivity index (χ0v) is 9.73. The first-order valence-electron chi connectivity index (χ1n) is 5.24. The number of rotatable bonds is 1. The van der Waals surface area contributed by atoms with E-state index in [9.17, 15) is 4.79 Å². The van der Waals surface area contributed by atoms with E-state index < -0.39 is 6.09 Å². The SMILES string of the molecule is CC(C)OC(=O)n1nc(N)c2c1CN(C)C2. The average Bonchev–Trinajstić information content (AvgIpc) is 2.65. The molecule has 2 heterocycles. The quantitative estimate of drug-likeness (QED) is 0.764. The molecule has 0 unspecified atom stereocenters. The van der Waals surface area contributed by atoms with E-state index in [1.54, 1.807) is 13.8 Å². The lowest BCUT2D eigenvalue weighted by Crippen LogP contribution is -2.22. The first-order valence-corrected chi connectivity index (χ1v) is 5.24. The van der Waals surface area contributed by atoms with Gasteiger partial charge in [0.1, 0.15) is 0 Å². The molecule has 0 bridgehead atoms. The highest BCUT2D eigenvalue weighted by Gasteiger charge is 2.27. The number of carbonyl (C=O) groups excluding carboxylic acids is 1. The summed E-state index contributed by atoms with van der Waals surface area (Å²) in [6.45, 7) is 5.01. The molecule has 2 rings (SSSR count). The summed E-state index contributed by atoms with van der Waals surface area (Å²) in [6, 6.07) is 0. The number of nitrogens with two attached hydrogens (primary N) is 1. The van der Waals surface area contributed by atoms with Gasteiger partial charge in [-0.2, -0.15) is 4.68 Å². The number of nitrogens with zero attached hydrogens (tertiary/aromatic N) is 3. The summed E-state index contributed by atoms with van der Waals surface area (Å²) >= 11 is 0. The molecule has 88 valence electrons. The van der Waals surface area contributed by atoms with Gasteiger partial charge in [-0.3, -0.25) is 4.90 Å². The molecule has 0 atom stereocenters. The second kappa shape index (κ2) is 3.79. The zero-order chi connectivity index (χ0) is 11.9. The normalized spacial score (nSPS) is 15.5. The van der Waals surface area contributed by atoms with Crippen molar-refractivity contribution < 1.29 is 9.53 Å². The van der Waals surface area contributed by atoms with Gasteiger partial charge < -0.3 is 10.5 Å². The molecule has 1 aliphatic heterocycles. The van der Waals surface area contributed by atoms with E-state index in [4.69, 9.17) is 10.5 Å². The fourth-order valence-electron chi connectivity index (χ4n) is 1.82. The summed E-state index contributed by atoms with van der Waals surface area (Å²) in [4.78, 5) is 13.8. The van der Waals surface area contributed by atoms with Gasteiger partial charge in [-0.15, -0.1) is 5.10 Å². The van der Waals surface area contributed by atoms with Crippen LogP contribution in [0.25, 0.3) is 0 Å². The third-order valence-electron chi connectivity index (χ3n) is 2.48. The average molecular weight is 224 g/mol. The molecule has 0 spiro atoms. The van der Waals surface area contributed by atoms with Crippen molar-refractivity contribution in [1.29, 1.82) is 0 Å². The van der Waals surface area contributed by atoms with Crippen LogP contribution >= 0.6 is 0 Å². The van der Waals surface area contributed by atoms with Crippen molar-refractivity contribution in [3.63, 3.8) is 0 Å². The maximum Gasteiger partial charge on any atom is 0.435 e. The van der Waals surface area contributed by atoms with Gasteiger partial charge in [0, 0.05) is 18.7 Å². The molecule has 6 nitrogen and oxygen atoms in total. The second-order valence-corrected chi connectivity index (χ2v) is 4.33. The number of fused-ring (bicyclic) bond motifs is 1. The van der Waals surface area contributed by atoms with Gasteiger partial charge in [-0.1, -0.05) is 0 Å². The maximum absolute atomic E-state index is 11.7. The molecule has 0 fully saturated rings. The zero-order valence-electron chi connectivity index (χ0n) is 9.73. The van der Waals surface area contributed by atoms with Crippen LogP contribution in [0, 0.1) is 0 Å². The van der Waals surface area contributed by atoms with Crippen molar-refractivity contribution in [3.8, 4) is 0 Å². The fourth-order valence-corrected chi connectivity index (χ4v) is 1.82. The molecule has 0 saturated carbocycles. The Hall–Kier alpha value is -1.56. The van der Waals surface area contributed by atoms with E-state index in [2.05, 4.69) is 10.00 Å². The molecule has 0 radical (unpaired) electrons. The fraction of sp³-hybridized carbons (Fsp3) is 0.600. The summed E-state index contributed by atoms with van der Waals surface area (Å²) in [7, 11) is 1.97. The first-order chi connectivity index (χ1) is 7.49. The number of hydrogen-bond acceptors (Lipinski definition) is 5. The number of aromatic nitrogens is 2. The molecule has 1 aromatic heterocycles. The topological polar surface area (TPSA) is 73.4 Å². The van der Waals surface area contributed by atoms with Gasteiger partial charge in [0.15, 0.2) is 5.82 Å². The minimum Gasteiger partial charge on any atom is -0.445 e. The highest BCUT2D eigenvalue weighted by atomic mass is 16.6. The van der Waals surface area contributed by atoms with Crippen LogP contribution < -0.4 is 5.73 Å². The smallest absolute Gasteiger partial charge is 0.435 e. The van der Waals surface area contributed by atoms with Crippen LogP contribution in [0.15, 0.2) is 0 Å². The third kappa shape index (κ3) is 1.76. The number of carbonyl (C=O) groups is 1. The molecule has 6 heteroatoms. The third-order valence-corrected chi connectivity index (χ3v) is 2.48. The van der Waals surface area contributed by atoms with Crippen molar-refractivity contribution in [2.24, 2.45) is 0 Å². The Labute approximate surface area is 94.0 Å². The summed E-state index contributed by atoms with van der Waals surface area (Å²) in [5, 5.41) is 4.01. The second-order valence-electron chi connectivity index (χ2n) is 4.33. The highest BCUT2D eigenvalue weighted by molar-refractivity contribution is 5.72. The Bertz CT molecular complexity index is 425. The molecule has 1 aromatic rings. The molecule has 2 N–H and O–H groups in total. The summed E-state index contributed by atoms with van der Waals surface area (Å²) in [5.41, 5.74) is 7.53. The van der Waals surface area contributed by atoms with Crippen LogP contribution in [-0.4, -0.2) is 33.9 Å². The first kappa shape index (κ1) is 10.9. The Morgan fingerprint density at radius 3 is 2.81 bits per heavy atom. The lowest BCUT2D eigenvalue weighted by molar-refractivity contribution is 0.113. The Kier molecular flexibility index (Phi) is 2.59. The predicted molar refractivity (Wildman–Crippen MR) is 58.8 cm³/mol. The van der Waals surface area contributed by atoms with Crippen LogP contribution in [0.3, 0.4) is 0 Å². The maximum atomic E-state index is 11.7. The van der Waals surface area contributed by atoms with Gasteiger partial charge >= 0.3 is 6.09 Å². The van der Waals surface area contributed by atoms with Crippen LogP contribution in [0.4, 0.5) is 10.6 Å². The minimum atomic E-state index is -0.460. The van der Waals surface area contributed by atoms with Gasteiger partial charge in [-0.05, 0) is 20.9 Å². The van der Waals surface area contributed by atoms with E-state index in [1.165, 1.54) is 4.68 Å². The van der Waals surface area contributed by atoms with Crippen molar-refractivity contribution in [2.75, 3.05) is 12.8 Å². The van der Waals surface area contributed by atoms with Crippen molar-refractivity contribution in [2.45, 2.75) is 33.0 Å². The summed E-state index contributed by atoms with van der Waals surface area (Å²) in [5.74, 6) is 0.417. The molecule has 1 aliphatic rings. The molecular formula is C10H16N4O2. The number of anilines is 1. The minimum absolute atomic E-state index is 0.160.